The Labute approximate surface area is 216 Å². The second-order valence-corrected chi connectivity index (χ2v) is 14.1. The van der Waals surface area contributed by atoms with Crippen LogP contribution in [0, 0.1) is 46.3 Å². The van der Waals surface area contributed by atoms with Crippen molar-refractivity contribution in [2.24, 2.45) is 46.3 Å². The van der Waals surface area contributed by atoms with E-state index in [0.29, 0.717) is 29.6 Å². The summed E-state index contributed by atoms with van der Waals surface area (Å²) in [6.45, 7) is 15.7. The summed E-state index contributed by atoms with van der Waals surface area (Å²) in [5.74, 6) is 5.49. The first-order chi connectivity index (χ1) is 16.8. The zero-order valence-corrected chi connectivity index (χ0v) is 23.5. The van der Waals surface area contributed by atoms with Crippen molar-refractivity contribution in [1.82, 2.24) is 0 Å². The van der Waals surface area contributed by atoms with Crippen molar-refractivity contribution < 1.29 is 14.2 Å². The van der Waals surface area contributed by atoms with Gasteiger partial charge in [0.25, 0.3) is 0 Å². The summed E-state index contributed by atoms with van der Waals surface area (Å²) in [4.78, 5) is 0. The quantitative estimate of drug-likeness (QED) is 0.169. The number of epoxide rings is 1. The Bertz CT molecular complexity index is 741. The van der Waals surface area contributed by atoms with E-state index in [9.17, 15) is 0 Å². The van der Waals surface area contributed by atoms with Crippen LogP contribution in [0.4, 0.5) is 0 Å². The Balaban J connectivity index is 1.17. The van der Waals surface area contributed by atoms with E-state index in [1.807, 2.05) is 0 Å². The summed E-state index contributed by atoms with van der Waals surface area (Å²) < 4.78 is 17.2. The second-order valence-electron chi connectivity index (χ2n) is 14.1. The lowest BCUT2D eigenvalue weighted by atomic mass is 9.47. The third-order valence-corrected chi connectivity index (χ3v) is 11.5. The molecule has 3 saturated carbocycles. The highest BCUT2D eigenvalue weighted by molar-refractivity contribution is 5.25. The van der Waals surface area contributed by atoms with Crippen molar-refractivity contribution in [2.45, 2.75) is 117 Å². The molecule has 3 nitrogen and oxygen atoms in total. The summed E-state index contributed by atoms with van der Waals surface area (Å²) in [6.07, 6.45) is 18.7. The molecule has 0 aromatic carbocycles. The molecule has 0 radical (unpaired) electrons. The largest absolute Gasteiger partial charge is 0.376 e. The number of fused-ring (bicyclic) bond motifs is 5. The van der Waals surface area contributed by atoms with E-state index >= 15 is 0 Å². The second kappa shape index (κ2) is 10.8. The maximum Gasteiger partial charge on any atom is 0.104 e. The van der Waals surface area contributed by atoms with Gasteiger partial charge < -0.3 is 14.2 Å². The van der Waals surface area contributed by atoms with E-state index in [0.717, 1.165) is 61.7 Å². The van der Waals surface area contributed by atoms with Gasteiger partial charge in [-0.2, -0.15) is 0 Å². The lowest BCUT2D eigenvalue weighted by Gasteiger charge is -2.58. The average molecular weight is 487 g/mol. The summed E-state index contributed by atoms with van der Waals surface area (Å²) in [6, 6.07) is 0. The van der Waals surface area contributed by atoms with Gasteiger partial charge in [0.15, 0.2) is 0 Å². The van der Waals surface area contributed by atoms with Crippen LogP contribution in [0.15, 0.2) is 11.6 Å². The highest BCUT2D eigenvalue weighted by atomic mass is 16.6. The minimum atomic E-state index is 0.353. The van der Waals surface area contributed by atoms with Crippen LogP contribution < -0.4 is 0 Å². The lowest BCUT2D eigenvalue weighted by molar-refractivity contribution is -0.0680. The standard InChI is InChI=1S/C32H54O3/c1-22(2)7-6-8-23(3)28-11-12-29-27-10-9-24-19-25(34-18-17-33-20-26-21-35-26)13-15-31(24,4)30(27)14-16-32(28,29)5/h9,22-23,25-30H,6-8,10-21H2,1-5H3/t23?,25-,26?,27?,28?,29?,30?,31-,32+/m0/s1. The van der Waals surface area contributed by atoms with E-state index in [1.54, 1.807) is 5.57 Å². The first-order valence-corrected chi connectivity index (χ1v) is 15.3. The number of hydrogen-bond donors (Lipinski definition) is 0. The molecule has 0 aromatic rings. The topological polar surface area (TPSA) is 31.0 Å². The Hall–Kier alpha value is -0.380. The van der Waals surface area contributed by atoms with Crippen molar-refractivity contribution >= 4 is 0 Å². The Morgan fingerprint density at radius 3 is 2.60 bits per heavy atom. The van der Waals surface area contributed by atoms with Crippen LogP contribution in [0.5, 0.6) is 0 Å². The summed E-state index contributed by atoms with van der Waals surface area (Å²) in [7, 11) is 0. The molecule has 4 fully saturated rings. The molecular formula is C32H54O3. The van der Waals surface area contributed by atoms with Crippen molar-refractivity contribution in [3.05, 3.63) is 11.6 Å². The molecule has 200 valence electrons. The monoisotopic (exact) mass is 486 g/mol. The van der Waals surface area contributed by atoms with E-state index in [4.69, 9.17) is 14.2 Å². The minimum Gasteiger partial charge on any atom is -0.376 e. The van der Waals surface area contributed by atoms with Crippen molar-refractivity contribution in [3.63, 3.8) is 0 Å². The van der Waals surface area contributed by atoms with Crippen LogP contribution >= 0.6 is 0 Å². The van der Waals surface area contributed by atoms with Gasteiger partial charge in [-0.3, -0.25) is 0 Å². The Morgan fingerprint density at radius 1 is 1.00 bits per heavy atom. The maximum absolute atomic E-state index is 6.28. The van der Waals surface area contributed by atoms with Gasteiger partial charge in [0.2, 0.25) is 0 Å². The van der Waals surface area contributed by atoms with Crippen LogP contribution in [0.25, 0.3) is 0 Å². The molecule has 35 heavy (non-hydrogen) atoms. The van der Waals surface area contributed by atoms with Crippen molar-refractivity contribution in [2.75, 3.05) is 26.4 Å². The molecule has 0 spiro atoms. The van der Waals surface area contributed by atoms with Crippen LogP contribution in [0.3, 0.4) is 0 Å². The maximum atomic E-state index is 6.28. The number of allylic oxidation sites excluding steroid dienone is 1. The SMILES string of the molecule is CC(C)CCCC(C)C1CCC2C3CC=C4C[C@@H](OCCOCC5CO5)CC[C@]4(C)C3CC[C@]12C. The fraction of sp³-hybridized carbons (Fsp3) is 0.938. The molecule has 0 aromatic heterocycles. The average Bonchev–Trinajstić information content (AvgIpc) is 3.57. The van der Waals surface area contributed by atoms with Crippen LogP contribution in [0.2, 0.25) is 0 Å². The zero-order chi connectivity index (χ0) is 24.6. The third-order valence-electron chi connectivity index (χ3n) is 11.5. The predicted octanol–water partition coefficient (Wildman–Crippen LogP) is 7.83. The summed E-state index contributed by atoms with van der Waals surface area (Å²) >= 11 is 0. The van der Waals surface area contributed by atoms with E-state index in [-0.39, 0.29) is 0 Å². The van der Waals surface area contributed by atoms with Gasteiger partial charge in [0.1, 0.15) is 6.10 Å². The smallest absolute Gasteiger partial charge is 0.104 e. The lowest BCUT2D eigenvalue weighted by Crippen LogP contribution is -2.51. The van der Waals surface area contributed by atoms with Gasteiger partial charge in [-0.1, -0.05) is 65.5 Å². The van der Waals surface area contributed by atoms with Crippen molar-refractivity contribution in [1.29, 1.82) is 0 Å². The molecule has 1 heterocycles. The van der Waals surface area contributed by atoms with Gasteiger partial charge >= 0.3 is 0 Å². The fourth-order valence-corrected chi connectivity index (χ4v) is 9.45. The summed E-state index contributed by atoms with van der Waals surface area (Å²) in [5, 5.41) is 0. The van der Waals surface area contributed by atoms with Gasteiger partial charge in [-0.15, -0.1) is 0 Å². The number of rotatable bonds is 11. The molecule has 4 aliphatic carbocycles. The molecule has 5 rings (SSSR count). The molecule has 0 bridgehead atoms. The van der Waals surface area contributed by atoms with Crippen LogP contribution in [-0.4, -0.2) is 38.6 Å². The Kier molecular flexibility index (Phi) is 8.08. The molecule has 0 N–H and O–H groups in total. The molecule has 5 aliphatic rings. The van der Waals surface area contributed by atoms with E-state index in [1.165, 1.54) is 64.2 Å². The Morgan fingerprint density at radius 2 is 1.83 bits per heavy atom. The van der Waals surface area contributed by atoms with Gasteiger partial charge in [-0.25, -0.2) is 0 Å². The van der Waals surface area contributed by atoms with E-state index in [2.05, 4.69) is 40.7 Å². The highest BCUT2D eigenvalue weighted by Gasteiger charge is 2.59. The number of ether oxygens (including phenoxy) is 3. The van der Waals surface area contributed by atoms with Crippen molar-refractivity contribution in [3.8, 4) is 0 Å². The normalized spacial score (nSPS) is 43.3. The molecule has 9 atom stereocenters. The molecule has 1 saturated heterocycles. The molecular weight excluding hydrogens is 432 g/mol. The van der Waals surface area contributed by atoms with Gasteiger partial charge in [-0.05, 0) is 97.7 Å². The molecule has 6 unspecified atom stereocenters. The van der Waals surface area contributed by atoms with Crippen LogP contribution in [0.1, 0.15) is 105 Å². The molecule has 1 aliphatic heterocycles. The third kappa shape index (κ3) is 5.44. The first kappa shape index (κ1) is 26.2. The van der Waals surface area contributed by atoms with Gasteiger partial charge in [0, 0.05) is 0 Å². The summed E-state index contributed by atoms with van der Waals surface area (Å²) in [5.41, 5.74) is 2.75. The van der Waals surface area contributed by atoms with Crippen LogP contribution in [-0.2, 0) is 14.2 Å². The van der Waals surface area contributed by atoms with E-state index < -0.39 is 0 Å². The minimum absolute atomic E-state index is 0.353. The highest BCUT2D eigenvalue weighted by Crippen LogP contribution is 2.67. The molecule has 0 amide bonds. The number of hydrogen-bond acceptors (Lipinski definition) is 3. The van der Waals surface area contributed by atoms with Gasteiger partial charge in [0.05, 0.1) is 32.5 Å². The predicted molar refractivity (Wildman–Crippen MR) is 143 cm³/mol. The molecule has 3 heteroatoms. The first-order valence-electron chi connectivity index (χ1n) is 15.3. The zero-order valence-electron chi connectivity index (χ0n) is 23.5. The fourth-order valence-electron chi connectivity index (χ4n) is 9.45.